The normalized spacial score (nSPS) is 10.3. The van der Waals surface area contributed by atoms with Gasteiger partial charge in [-0.2, -0.15) is 0 Å². The number of benzene rings is 2. The first-order valence-corrected chi connectivity index (χ1v) is 9.47. The van der Waals surface area contributed by atoms with Crippen LogP contribution in [0.25, 0.3) is 0 Å². The highest BCUT2D eigenvalue weighted by Gasteiger charge is 2.14. The number of hydrogen-bond donors (Lipinski definition) is 2. The van der Waals surface area contributed by atoms with Gasteiger partial charge in [0, 0.05) is 5.69 Å². The molecule has 0 bridgehead atoms. The van der Waals surface area contributed by atoms with Gasteiger partial charge in [0.25, 0.3) is 5.91 Å². The third-order valence-electron chi connectivity index (χ3n) is 3.53. The van der Waals surface area contributed by atoms with E-state index in [-0.39, 0.29) is 11.0 Å². The van der Waals surface area contributed by atoms with Crippen LogP contribution in [0, 0.1) is 5.92 Å². The van der Waals surface area contributed by atoms with Crippen molar-refractivity contribution in [3.05, 3.63) is 66.2 Å². The fraction of sp³-hybridized carbons (Fsp3) is 0.273. The summed E-state index contributed by atoms with van der Waals surface area (Å²) in [6.07, 6.45) is 0. The summed E-state index contributed by atoms with van der Waals surface area (Å²) in [5, 5.41) is 5.88. The van der Waals surface area contributed by atoms with Gasteiger partial charge in [-0.1, -0.05) is 32.6 Å². The number of thiocarbonyl (C=S) groups is 1. The molecule has 2 aromatic rings. The molecule has 0 spiro atoms. The monoisotopic (exact) mass is 398 g/mol. The quantitative estimate of drug-likeness (QED) is 0.494. The van der Waals surface area contributed by atoms with Crippen LogP contribution in [0.1, 0.15) is 31.1 Å². The van der Waals surface area contributed by atoms with Crippen molar-refractivity contribution in [3.63, 3.8) is 0 Å². The maximum atomic E-state index is 12.6. The Hall–Kier alpha value is -2.86. The Morgan fingerprint density at radius 3 is 2.43 bits per heavy atom. The average molecular weight is 399 g/mol. The zero-order valence-electron chi connectivity index (χ0n) is 16.5. The Morgan fingerprint density at radius 2 is 1.79 bits per heavy atom. The van der Waals surface area contributed by atoms with Gasteiger partial charge in [0.05, 0.1) is 12.2 Å². The minimum absolute atomic E-state index is 0.208. The second-order valence-corrected chi connectivity index (χ2v) is 7.29. The Kier molecular flexibility index (Phi) is 8.02. The smallest absolute Gasteiger partial charge is 0.261 e. The van der Waals surface area contributed by atoms with E-state index in [1.165, 1.54) is 0 Å². The van der Waals surface area contributed by atoms with Crippen LogP contribution in [0.2, 0.25) is 0 Å². The largest absolute Gasteiger partial charge is 0.492 e. The first kappa shape index (κ1) is 21.4. The SMILES string of the molecule is C=C(C)COc1ccc(NC(=S)NC(=O)c2ccccc2OCC(C)C)cc1. The van der Waals surface area contributed by atoms with Crippen molar-refractivity contribution in [1.29, 1.82) is 0 Å². The Labute approximate surface area is 171 Å². The Morgan fingerprint density at radius 1 is 1.11 bits per heavy atom. The predicted molar refractivity (Wildman–Crippen MR) is 117 cm³/mol. The fourth-order valence-electron chi connectivity index (χ4n) is 2.21. The number of carbonyl (C=O) groups excluding carboxylic acids is 1. The van der Waals surface area contributed by atoms with Gasteiger partial charge in [-0.25, -0.2) is 0 Å². The van der Waals surface area contributed by atoms with Crippen molar-refractivity contribution in [3.8, 4) is 11.5 Å². The molecule has 5 nitrogen and oxygen atoms in total. The van der Waals surface area contributed by atoms with Gasteiger partial charge >= 0.3 is 0 Å². The molecule has 0 saturated carbocycles. The van der Waals surface area contributed by atoms with Crippen molar-refractivity contribution < 1.29 is 14.3 Å². The van der Waals surface area contributed by atoms with Crippen molar-refractivity contribution in [1.82, 2.24) is 5.32 Å². The average Bonchev–Trinajstić information content (AvgIpc) is 2.65. The molecule has 0 aliphatic rings. The van der Waals surface area contributed by atoms with Crippen molar-refractivity contribution in [2.45, 2.75) is 20.8 Å². The molecular weight excluding hydrogens is 372 g/mol. The van der Waals surface area contributed by atoms with Crippen LogP contribution in [0.15, 0.2) is 60.7 Å². The molecule has 6 heteroatoms. The molecule has 0 heterocycles. The van der Waals surface area contributed by atoms with Gasteiger partial charge in [-0.15, -0.1) is 0 Å². The van der Waals surface area contributed by atoms with E-state index in [0.29, 0.717) is 30.4 Å². The molecule has 0 fully saturated rings. The third-order valence-corrected chi connectivity index (χ3v) is 3.73. The number of ether oxygens (including phenoxy) is 2. The Bertz CT molecular complexity index is 832. The molecule has 2 aromatic carbocycles. The van der Waals surface area contributed by atoms with E-state index < -0.39 is 0 Å². The standard InChI is InChI=1S/C22H26N2O3S/c1-15(2)13-26-18-11-9-17(10-12-18)23-22(28)24-21(25)19-7-5-6-8-20(19)27-14-16(3)4/h5-12,16H,1,13-14H2,2-4H3,(H2,23,24,25,28). The summed E-state index contributed by atoms with van der Waals surface area (Å²) in [6.45, 7) is 10.8. The van der Waals surface area contributed by atoms with E-state index in [1.54, 1.807) is 18.2 Å². The molecule has 0 aliphatic heterocycles. The Balaban J connectivity index is 1.94. The van der Waals surface area contributed by atoms with Crippen molar-refractivity contribution >= 4 is 28.9 Å². The lowest BCUT2D eigenvalue weighted by Gasteiger charge is -2.14. The van der Waals surface area contributed by atoms with Crippen LogP contribution in [0.5, 0.6) is 11.5 Å². The molecule has 0 aliphatic carbocycles. The minimum Gasteiger partial charge on any atom is -0.492 e. The van der Waals surface area contributed by atoms with E-state index in [2.05, 4.69) is 31.1 Å². The molecule has 2 rings (SSSR count). The van der Waals surface area contributed by atoms with Gasteiger partial charge in [-0.05, 0) is 67.0 Å². The molecule has 0 aromatic heterocycles. The van der Waals surface area contributed by atoms with Crippen LogP contribution in [0.3, 0.4) is 0 Å². The van der Waals surface area contributed by atoms with E-state index in [4.69, 9.17) is 21.7 Å². The second kappa shape index (κ2) is 10.5. The summed E-state index contributed by atoms with van der Waals surface area (Å²) in [5.41, 5.74) is 2.14. The molecule has 28 heavy (non-hydrogen) atoms. The number of para-hydroxylation sites is 1. The van der Waals surface area contributed by atoms with Crippen LogP contribution in [0.4, 0.5) is 5.69 Å². The third kappa shape index (κ3) is 7.04. The summed E-state index contributed by atoms with van der Waals surface area (Å²) in [6, 6.07) is 14.4. The fourth-order valence-corrected chi connectivity index (χ4v) is 2.42. The van der Waals surface area contributed by atoms with Crippen LogP contribution in [-0.2, 0) is 0 Å². The second-order valence-electron chi connectivity index (χ2n) is 6.88. The predicted octanol–water partition coefficient (Wildman–Crippen LogP) is 4.80. The van der Waals surface area contributed by atoms with Gasteiger partial charge in [-0.3, -0.25) is 10.1 Å². The molecule has 0 unspecified atom stereocenters. The number of anilines is 1. The van der Waals surface area contributed by atoms with E-state index in [0.717, 1.165) is 17.0 Å². The summed E-state index contributed by atoms with van der Waals surface area (Å²) in [4.78, 5) is 12.6. The summed E-state index contributed by atoms with van der Waals surface area (Å²) >= 11 is 5.25. The molecule has 0 radical (unpaired) electrons. The zero-order valence-corrected chi connectivity index (χ0v) is 17.3. The van der Waals surface area contributed by atoms with Crippen molar-refractivity contribution in [2.24, 2.45) is 5.92 Å². The van der Waals surface area contributed by atoms with Crippen LogP contribution in [-0.4, -0.2) is 24.2 Å². The topological polar surface area (TPSA) is 59.6 Å². The molecule has 148 valence electrons. The highest BCUT2D eigenvalue weighted by molar-refractivity contribution is 7.80. The van der Waals surface area contributed by atoms with Crippen LogP contribution >= 0.6 is 12.2 Å². The van der Waals surface area contributed by atoms with Gasteiger partial charge < -0.3 is 14.8 Å². The minimum atomic E-state index is -0.321. The number of hydrogen-bond acceptors (Lipinski definition) is 4. The highest BCUT2D eigenvalue weighted by Crippen LogP contribution is 2.19. The number of rotatable bonds is 8. The lowest BCUT2D eigenvalue weighted by molar-refractivity contribution is 0.0973. The number of carbonyl (C=O) groups is 1. The lowest BCUT2D eigenvalue weighted by Crippen LogP contribution is -2.34. The highest BCUT2D eigenvalue weighted by atomic mass is 32.1. The number of nitrogens with one attached hydrogen (secondary N) is 2. The summed E-state index contributed by atoms with van der Waals surface area (Å²) in [5.74, 6) is 1.31. The van der Waals surface area contributed by atoms with E-state index >= 15 is 0 Å². The molecule has 1 amide bonds. The first-order valence-electron chi connectivity index (χ1n) is 9.06. The molecule has 2 N–H and O–H groups in total. The lowest BCUT2D eigenvalue weighted by atomic mass is 10.2. The molecule has 0 saturated heterocycles. The summed E-state index contributed by atoms with van der Waals surface area (Å²) in [7, 11) is 0. The van der Waals surface area contributed by atoms with E-state index in [1.807, 2.05) is 37.3 Å². The van der Waals surface area contributed by atoms with Crippen LogP contribution < -0.4 is 20.1 Å². The van der Waals surface area contributed by atoms with E-state index in [9.17, 15) is 4.79 Å². The zero-order chi connectivity index (χ0) is 20.5. The number of amides is 1. The van der Waals surface area contributed by atoms with Gasteiger partial charge in [0.15, 0.2) is 5.11 Å². The summed E-state index contributed by atoms with van der Waals surface area (Å²) < 4.78 is 11.3. The first-order chi connectivity index (χ1) is 13.3. The molecule has 0 atom stereocenters. The van der Waals surface area contributed by atoms with Gasteiger partial charge in [0.1, 0.15) is 18.1 Å². The van der Waals surface area contributed by atoms with Crippen molar-refractivity contribution in [2.75, 3.05) is 18.5 Å². The van der Waals surface area contributed by atoms with Gasteiger partial charge in [0.2, 0.25) is 0 Å². The molecular formula is C22H26N2O3S. The maximum absolute atomic E-state index is 12.6. The maximum Gasteiger partial charge on any atom is 0.261 e.